The normalized spacial score (nSPS) is 11.6. The Morgan fingerprint density at radius 1 is 1.45 bits per heavy atom. The standard InChI is InChI=1S/C12H16BClN4O4/c1-12(2,3)22-11(19)17(4)9-5-8(14)16-10-7(13(20)21)6-15-18(9)10/h5-6,20-21H,1-4H3. The molecule has 22 heavy (non-hydrogen) atoms. The summed E-state index contributed by atoms with van der Waals surface area (Å²) >= 11 is 5.94. The molecule has 0 spiro atoms. The molecule has 0 unspecified atom stereocenters. The lowest BCUT2D eigenvalue weighted by Crippen LogP contribution is -2.35. The fraction of sp³-hybridized carbons (Fsp3) is 0.417. The van der Waals surface area contributed by atoms with Crippen molar-refractivity contribution in [3.8, 4) is 0 Å². The van der Waals surface area contributed by atoms with E-state index in [1.165, 1.54) is 28.7 Å². The Labute approximate surface area is 132 Å². The molecule has 2 N–H and O–H groups in total. The van der Waals surface area contributed by atoms with Gasteiger partial charge in [0.1, 0.15) is 16.6 Å². The van der Waals surface area contributed by atoms with Crippen LogP contribution in [-0.2, 0) is 4.74 Å². The van der Waals surface area contributed by atoms with E-state index < -0.39 is 18.8 Å². The molecule has 0 saturated carbocycles. The van der Waals surface area contributed by atoms with Crippen LogP contribution in [0.1, 0.15) is 20.8 Å². The minimum absolute atomic E-state index is 0.0836. The number of carbonyl (C=O) groups is 1. The fourth-order valence-electron chi connectivity index (χ4n) is 1.78. The minimum atomic E-state index is -1.75. The van der Waals surface area contributed by atoms with Gasteiger partial charge in [-0.05, 0) is 20.8 Å². The molecule has 2 rings (SSSR count). The van der Waals surface area contributed by atoms with Crippen LogP contribution in [0.3, 0.4) is 0 Å². The lowest BCUT2D eigenvalue weighted by atomic mass is 9.82. The number of fused-ring (bicyclic) bond motifs is 1. The lowest BCUT2D eigenvalue weighted by Gasteiger charge is -2.24. The lowest BCUT2D eigenvalue weighted by molar-refractivity contribution is 0.0587. The summed E-state index contributed by atoms with van der Waals surface area (Å²) in [5.41, 5.74) is -0.424. The quantitative estimate of drug-likeness (QED) is 0.613. The molecule has 0 fully saturated rings. The van der Waals surface area contributed by atoms with Gasteiger partial charge in [0.2, 0.25) is 0 Å². The van der Waals surface area contributed by atoms with Crippen LogP contribution in [0.25, 0.3) is 5.65 Å². The minimum Gasteiger partial charge on any atom is -0.443 e. The highest BCUT2D eigenvalue weighted by Gasteiger charge is 2.25. The number of nitrogens with zero attached hydrogens (tertiary/aromatic N) is 4. The number of ether oxygens (including phenoxy) is 1. The highest BCUT2D eigenvalue weighted by Crippen LogP contribution is 2.20. The number of aromatic nitrogens is 3. The maximum absolute atomic E-state index is 12.2. The molecule has 2 heterocycles. The van der Waals surface area contributed by atoms with Gasteiger partial charge >= 0.3 is 13.2 Å². The first-order valence-electron chi connectivity index (χ1n) is 6.47. The second-order valence-corrected chi connectivity index (χ2v) is 6.07. The highest BCUT2D eigenvalue weighted by molar-refractivity contribution is 6.60. The van der Waals surface area contributed by atoms with E-state index in [9.17, 15) is 14.8 Å². The largest absolute Gasteiger partial charge is 0.493 e. The van der Waals surface area contributed by atoms with E-state index >= 15 is 0 Å². The smallest absolute Gasteiger partial charge is 0.443 e. The van der Waals surface area contributed by atoms with Gasteiger partial charge in [-0.2, -0.15) is 9.61 Å². The van der Waals surface area contributed by atoms with Gasteiger partial charge in [0.15, 0.2) is 5.65 Å². The summed E-state index contributed by atoms with van der Waals surface area (Å²) in [5, 5.41) is 22.7. The molecule has 118 valence electrons. The van der Waals surface area contributed by atoms with E-state index in [0.29, 0.717) is 0 Å². The molecule has 0 atom stereocenters. The van der Waals surface area contributed by atoms with Crippen molar-refractivity contribution in [1.82, 2.24) is 14.6 Å². The molecule has 1 amide bonds. The Balaban J connectivity index is 2.49. The van der Waals surface area contributed by atoms with E-state index in [0.717, 1.165) is 0 Å². The number of halogens is 1. The van der Waals surface area contributed by atoms with Crippen LogP contribution in [0.5, 0.6) is 0 Å². The van der Waals surface area contributed by atoms with Gasteiger partial charge < -0.3 is 14.8 Å². The first-order chi connectivity index (χ1) is 10.1. The molecule has 2 aromatic heterocycles. The third-order valence-electron chi connectivity index (χ3n) is 2.74. The zero-order valence-corrected chi connectivity index (χ0v) is 13.4. The van der Waals surface area contributed by atoms with Crippen LogP contribution in [0.15, 0.2) is 12.3 Å². The number of carbonyl (C=O) groups excluding carboxylic acids is 1. The van der Waals surface area contributed by atoms with Crippen LogP contribution < -0.4 is 10.4 Å². The number of amides is 1. The van der Waals surface area contributed by atoms with Crippen molar-refractivity contribution in [2.45, 2.75) is 26.4 Å². The fourth-order valence-corrected chi connectivity index (χ4v) is 1.96. The van der Waals surface area contributed by atoms with Gasteiger partial charge in [0.05, 0.1) is 6.20 Å². The maximum Gasteiger partial charge on any atom is 0.493 e. The molecule has 0 aliphatic carbocycles. The van der Waals surface area contributed by atoms with E-state index in [1.54, 1.807) is 20.8 Å². The van der Waals surface area contributed by atoms with Crippen molar-refractivity contribution < 1.29 is 19.6 Å². The third-order valence-corrected chi connectivity index (χ3v) is 2.93. The van der Waals surface area contributed by atoms with Crippen molar-refractivity contribution >= 4 is 41.7 Å². The first kappa shape index (κ1) is 16.5. The van der Waals surface area contributed by atoms with Gasteiger partial charge in [0.25, 0.3) is 0 Å². The summed E-state index contributed by atoms with van der Waals surface area (Å²) in [7, 11) is -0.251. The predicted molar refractivity (Wildman–Crippen MR) is 82.5 cm³/mol. The molecule has 0 bridgehead atoms. The molecule has 0 aromatic carbocycles. The number of anilines is 1. The average Bonchev–Trinajstić information content (AvgIpc) is 2.78. The molecule has 0 saturated heterocycles. The van der Waals surface area contributed by atoms with Crippen LogP contribution >= 0.6 is 11.6 Å². The third kappa shape index (κ3) is 3.32. The van der Waals surface area contributed by atoms with Crippen molar-refractivity contribution in [2.24, 2.45) is 0 Å². The van der Waals surface area contributed by atoms with Gasteiger partial charge in [-0.1, -0.05) is 11.6 Å². The number of hydrogen-bond acceptors (Lipinski definition) is 6. The summed E-state index contributed by atoms with van der Waals surface area (Å²) in [6.45, 7) is 5.26. The predicted octanol–water partition coefficient (Wildman–Crippen LogP) is 0.434. The van der Waals surface area contributed by atoms with Gasteiger partial charge in [-0.3, -0.25) is 4.90 Å². The zero-order valence-electron chi connectivity index (χ0n) is 12.6. The molecule has 0 aliphatic rings. The zero-order chi connectivity index (χ0) is 16.7. The Morgan fingerprint density at radius 2 is 2.09 bits per heavy atom. The molecule has 2 aromatic rings. The topological polar surface area (TPSA) is 100 Å². The Bertz CT molecular complexity index is 713. The molecule has 10 heteroatoms. The monoisotopic (exact) mass is 326 g/mol. The van der Waals surface area contributed by atoms with Crippen molar-refractivity contribution in [3.05, 3.63) is 17.4 Å². The van der Waals surface area contributed by atoms with Crippen LogP contribution in [0.4, 0.5) is 10.6 Å². The van der Waals surface area contributed by atoms with E-state index in [2.05, 4.69) is 10.1 Å². The second-order valence-electron chi connectivity index (χ2n) is 5.69. The van der Waals surface area contributed by atoms with Crippen molar-refractivity contribution in [2.75, 3.05) is 11.9 Å². The van der Waals surface area contributed by atoms with E-state index in [-0.39, 0.29) is 22.1 Å². The van der Waals surface area contributed by atoms with E-state index in [4.69, 9.17) is 16.3 Å². The summed E-state index contributed by atoms with van der Waals surface area (Å²) in [6.07, 6.45) is 0.646. The van der Waals surface area contributed by atoms with Crippen LogP contribution in [-0.4, -0.2) is 50.5 Å². The molecule has 8 nitrogen and oxygen atoms in total. The number of rotatable bonds is 2. The Kier molecular flexibility index (Phi) is 4.32. The summed E-state index contributed by atoms with van der Waals surface area (Å²) < 4.78 is 6.56. The molecular formula is C12H16BClN4O4. The van der Waals surface area contributed by atoms with Gasteiger partial charge in [0, 0.05) is 18.6 Å². The van der Waals surface area contributed by atoms with Crippen LogP contribution in [0.2, 0.25) is 5.15 Å². The Hall–Kier alpha value is -1.84. The van der Waals surface area contributed by atoms with Crippen molar-refractivity contribution in [3.63, 3.8) is 0 Å². The molecule has 0 radical (unpaired) electrons. The average molecular weight is 327 g/mol. The highest BCUT2D eigenvalue weighted by atomic mass is 35.5. The van der Waals surface area contributed by atoms with Crippen LogP contribution in [0, 0.1) is 0 Å². The molecular weight excluding hydrogens is 310 g/mol. The van der Waals surface area contributed by atoms with Crippen molar-refractivity contribution in [1.29, 1.82) is 0 Å². The summed E-state index contributed by atoms with van der Waals surface area (Å²) in [4.78, 5) is 17.4. The molecule has 0 aliphatic heterocycles. The number of hydrogen-bond donors (Lipinski definition) is 2. The first-order valence-corrected chi connectivity index (χ1v) is 6.85. The Morgan fingerprint density at radius 3 is 2.64 bits per heavy atom. The maximum atomic E-state index is 12.2. The van der Waals surface area contributed by atoms with Gasteiger partial charge in [-0.25, -0.2) is 9.78 Å². The second kappa shape index (κ2) is 5.75. The summed E-state index contributed by atoms with van der Waals surface area (Å²) in [6, 6.07) is 1.43. The summed E-state index contributed by atoms with van der Waals surface area (Å²) in [5.74, 6) is 0.288. The SMILES string of the molecule is CN(C(=O)OC(C)(C)C)c1cc(Cl)nc2c(B(O)O)cnn12. The van der Waals surface area contributed by atoms with Gasteiger partial charge in [-0.15, -0.1) is 0 Å². The van der Waals surface area contributed by atoms with E-state index in [1.807, 2.05) is 0 Å².